The van der Waals surface area contributed by atoms with Crippen molar-refractivity contribution in [3.05, 3.63) is 54.0 Å². The molecular weight excluding hydrogens is 512 g/mol. The second-order valence-electron chi connectivity index (χ2n) is 6.83. The number of guanidine groups is 1. The SMILES string of the molecule is CCNC(=NCc1ccnc(Oc2ccc(F)cc2)c1)NCCN(C)CCCOC.I. The molecule has 0 amide bonds. The smallest absolute Gasteiger partial charge is 0.219 e. The molecule has 0 aliphatic rings. The average molecular weight is 545 g/mol. The van der Waals surface area contributed by atoms with Crippen molar-refractivity contribution in [1.29, 1.82) is 0 Å². The molecule has 0 radical (unpaired) electrons. The van der Waals surface area contributed by atoms with Crippen molar-refractivity contribution in [1.82, 2.24) is 20.5 Å². The maximum Gasteiger partial charge on any atom is 0.219 e. The summed E-state index contributed by atoms with van der Waals surface area (Å²) in [4.78, 5) is 11.1. The Kier molecular flexibility index (Phi) is 13.8. The van der Waals surface area contributed by atoms with Gasteiger partial charge < -0.3 is 25.0 Å². The summed E-state index contributed by atoms with van der Waals surface area (Å²) in [5.41, 5.74) is 0.969. The molecule has 0 fully saturated rings. The van der Waals surface area contributed by atoms with Crippen molar-refractivity contribution in [3.8, 4) is 11.6 Å². The van der Waals surface area contributed by atoms with Gasteiger partial charge in [0.1, 0.15) is 11.6 Å². The third-order valence-electron chi connectivity index (χ3n) is 4.27. The van der Waals surface area contributed by atoms with Crippen LogP contribution in [0.4, 0.5) is 4.39 Å². The zero-order valence-corrected chi connectivity index (χ0v) is 20.8. The van der Waals surface area contributed by atoms with Gasteiger partial charge in [0.15, 0.2) is 5.96 Å². The molecule has 2 rings (SSSR count). The van der Waals surface area contributed by atoms with E-state index in [2.05, 4.69) is 32.6 Å². The van der Waals surface area contributed by atoms with Crippen LogP contribution in [0.25, 0.3) is 0 Å². The molecule has 172 valence electrons. The summed E-state index contributed by atoms with van der Waals surface area (Å²) in [7, 11) is 3.82. The van der Waals surface area contributed by atoms with Gasteiger partial charge in [-0.15, -0.1) is 24.0 Å². The Labute approximate surface area is 201 Å². The van der Waals surface area contributed by atoms with E-state index in [1.54, 1.807) is 25.4 Å². The molecule has 0 saturated heterocycles. The highest BCUT2D eigenvalue weighted by molar-refractivity contribution is 14.0. The number of nitrogens with one attached hydrogen (secondary N) is 2. The fraction of sp³-hybridized carbons (Fsp3) is 0.455. The summed E-state index contributed by atoms with van der Waals surface area (Å²) in [6.07, 6.45) is 2.70. The number of nitrogens with zero attached hydrogens (tertiary/aromatic N) is 3. The normalized spacial score (nSPS) is 11.2. The predicted octanol–water partition coefficient (Wildman–Crippen LogP) is 3.65. The van der Waals surface area contributed by atoms with E-state index in [-0.39, 0.29) is 29.8 Å². The first-order valence-corrected chi connectivity index (χ1v) is 10.2. The van der Waals surface area contributed by atoms with Gasteiger partial charge in [-0.05, 0) is 56.3 Å². The van der Waals surface area contributed by atoms with E-state index in [0.717, 1.165) is 50.7 Å². The fourth-order valence-corrected chi connectivity index (χ4v) is 2.70. The summed E-state index contributed by atoms with van der Waals surface area (Å²) in [5.74, 6) is 1.45. The highest BCUT2D eigenvalue weighted by Crippen LogP contribution is 2.20. The second kappa shape index (κ2) is 15.8. The maximum absolute atomic E-state index is 13.0. The summed E-state index contributed by atoms with van der Waals surface area (Å²) in [6.45, 7) is 6.79. The molecule has 0 aliphatic heterocycles. The number of benzene rings is 1. The average Bonchev–Trinajstić information content (AvgIpc) is 2.74. The molecular formula is C22H33FIN5O2. The van der Waals surface area contributed by atoms with E-state index in [1.807, 2.05) is 19.1 Å². The Hall–Kier alpha value is -1.98. The first-order valence-electron chi connectivity index (χ1n) is 10.2. The van der Waals surface area contributed by atoms with E-state index in [9.17, 15) is 4.39 Å². The van der Waals surface area contributed by atoms with Gasteiger partial charge in [-0.2, -0.15) is 0 Å². The van der Waals surface area contributed by atoms with Crippen molar-refractivity contribution in [3.63, 3.8) is 0 Å². The Morgan fingerprint density at radius 2 is 1.94 bits per heavy atom. The van der Waals surface area contributed by atoms with Crippen LogP contribution < -0.4 is 15.4 Å². The monoisotopic (exact) mass is 545 g/mol. The number of pyridine rings is 1. The Bertz CT molecular complexity index is 777. The lowest BCUT2D eigenvalue weighted by atomic mass is 10.2. The number of hydrogen-bond acceptors (Lipinski definition) is 5. The molecule has 1 heterocycles. The summed E-state index contributed by atoms with van der Waals surface area (Å²) in [5, 5.41) is 6.61. The molecule has 31 heavy (non-hydrogen) atoms. The van der Waals surface area contributed by atoms with Crippen molar-refractivity contribution < 1.29 is 13.9 Å². The number of methoxy groups -OCH3 is 1. The third-order valence-corrected chi connectivity index (χ3v) is 4.27. The lowest BCUT2D eigenvalue weighted by molar-refractivity contribution is 0.180. The molecule has 7 nitrogen and oxygen atoms in total. The number of halogens is 2. The number of aromatic nitrogens is 1. The number of rotatable bonds is 12. The lowest BCUT2D eigenvalue weighted by Crippen LogP contribution is -2.41. The van der Waals surface area contributed by atoms with Crippen LogP contribution >= 0.6 is 24.0 Å². The van der Waals surface area contributed by atoms with E-state index in [1.165, 1.54) is 12.1 Å². The molecule has 1 aromatic carbocycles. The van der Waals surface area contributed by atoms with Crippen molar-refractivity contribution in [2.24, 2.45) is 4.99 Å². The minimum Gasteiger partial charge on any atom is -0.439 e. The third kappa shape index (κ3) is 11.3. The van der Waals surface area contributed by atoms with Gasteiger partial charge in [0.05, 0.1) is 6.54 Å². The highest BCUT2D eigenvalue weighted by atomic mass is 127. The molecule has 0 bridgehead atoms. The maximum atomic E-state index is 13.0. The molecule has 0 unspecified atom stereocenters. The van der Waals surface area contributed by atoms with Crippen LogP contribution in [0.15, 0.2) is 47.6 Å². The lowest BCUT2D eigenvalue weighted by Gasteiger charge is -2.18. The summed E-state index contributed by atoms with van der Waals surface area (Å²) >= 11 is 0. The summed E-state index contributed by atoms with van der Waals surface area (Å²) < 4.78 is 23.8. The first-order chi connectivity index (χ1) is 14.6. The molecule has 0 aliphatic carbocycles. The van der Waals surface area contributed by atoms with Gasteiger partial charge in [0.25, 0.3) is 0 Å². The van der Waals surface area contributed by atoms with E-state index in [0.29, 0.717) is 18.2 Å². The fourth-order valence-electron chi connectivity index (χ4n) is 2.70. The highest BCUT2D eigenvalue weighted by Gasteiger charge is 2.03. The van der Waals surface area contributed by atoms with Crippen LogP contribution in [-0.2, 0) is 11.3 Å². The topological polar surface area (TPSA) is 71.0 Å². The Morgan fingerprint density at radius 3 is 2.65 bits per heavy atom. The van der Waals surface area contributed by atoms with Crippen LogP contribution in [0.3, 0.4) is 0 Å². The second-order valence-corrected chi connectivity index (χ2v) is 6.83. The minimum absolute atomic E-state index is 0. The first kappa shape index (κ1) is 27.1. The van der Waals surface area contributed by atoms with E-state index >= 15 is 0 Å². The zero-order chi connectivity index (χ0) is 21.6. The number of hydrogen-bond donors (Lipinski definition) is 2. The molecule has 0 atom stereocenters. The van der Waals surface area contributed by atoms with Crippen LogP contribution in [0.1, 0.15) is 18.9 Å². The molecule has 1 aromatic heterocycles. The molecule has 2 N–H and O–H groups in total. The largest absolute Gasteiger partial charge is 0.439 e. The zero-order valence-electron chi connectivity index (χ0n) is 18.4. The molecule has 0 saturated carbocycles. The van der Waals surface area contributed by atoms with Crippen molar-refractivity contribution >= 4 is 29.9 Å². The number of ether oxygens (including phenoxy) is 2. The molecule has 0 spiro atoms. The van der Waals surface area contributed by atoms with Crippen molar-refractivity contribution in [2.45, 2.75) is 19.9 Å². The van der Waals surface area contributed by atoms with Gasteiger partial charge in [0, 0.05) is 52.2 Å². The van der Waals surface area contributed by atoms with Gasteiger partial charge in [-0.1, -0.05) is 0 Å². The van der Waals surface area contributed by atoms with Crippen LogP contribution in [0.2, 0.25) is 0 Å². The van der Waals surface area contributed by atoms with Gasteiger partial charge >= 0.3 is 0 Å². The molecule has 2 aromatic rings. The number of likely N-dealkylation sites (N-methyl/N-ethyl adjacent to an activating group) is 1. The van der Waals surface area contributed by atoms with Crippen LogP contribution in [-0.4, -0.2) is 62.8 Å². The van der Waals surface area contributed by atoms with Crippen LogP contribution in [0, 0.1) is 5.82 Å². The van der Waals surface area contributed by atoms with Crippen molar-refractivity contribution in [2.75, 3.05) is 46.9 Å². The van der Waals surface area contributed by atoms with Gasteiger partial charge in [0.2, 0.25) is 5.88 Å². The minimum atomic E-state index is -0.303. The Morgan fingerprint density at radius 1 is 1.16 bits per heavy atom. The quantitative estimate of drug-likeness (QED) is 0.184. The van der Waals surface area contributed by atoms with E-state index in [4.69, 9.17) is 9.47 Å². The van der Waals surface area contributed by atoms with Gasteiger partial charge in [-0.3, -0.25) is 0 Å². The van der Waals surface area contributed by atoms with Crippen LogP contribution in [0.5, 0.6) is 11.6 Å². The predicted molar refractivity (Wildman–Crippen MR) is 133 cm³/mol. The standard InChI is InChI=1S/C22H32FN5O2.HI/c1-4-24-22(26-12-14-28(2)13-5-15-29-3)27-17-18-10-11-25-21(16-18)30-20-8-6-19(23)7-9-20;/h6-11,16H,4-5,12-15,17H2,1-3H3,(H2,24,26,27);1H. The number of aliphatic imine (C=N–C) groups is 1. The van der Waals surface area contributed by atoms with Gasteiger partial charge in [-0.25, -0.2) is 14.4 Å². The Balaban J connectivity index is 0.00000480. The summed E-state index contributed by atoms with van der Waals surface area (Å²) in [6, 6.07) is 9.58. The molecule has 9 heteroatoms. The van der Waals surface area contributed by atoms with E-state index < -0.39 is 0 Å².